The number of nitrogens with zero attached hydrogens (tertiary/aromatic N) is 3. The van der Waals surface area contributed by atoms with Crippen molar-refractivity contribution in [3.05, 3.63) is 40.4 Å². The highest BCUT2D eigenvalue weighted by atomic mass is 16.4. The molecule has 1 aliphatic heterocycles. The van der Waals surface area contributed by atoms with E-state index < -0.39 is 11.5 Å². The molecular formula is C18H21N3O4. The maximum atomic E-state index is 12.6. The lowest BCUT2D eigenvalue weighted by atomic mass is 9.99. The van der Waals surface area contributed by atoms with E-state index >= 15 is 0 Å². The van der Waals surface area contributed by atoms with Gasteiger partial charge in [0.05, 0.1) is 17.2 Å². The minimum atomic E-state index is -1.15. The van der Waals surface area contributed by atoms with E-state index in [2.05, 4.69) is 4.98 Å². The number of aliphatic carboxylic acids is 1. The van der Waals surface area contributed by atoms with Gasteiger partial charge in [-0.25, -0.2) is 9.78 Å². The smallest absolute Gasteiger partial charge is 0.329 e. The van der Waals surface area contributed by atoms with Crippen molar-refractivity contribution in [2.24, 2.45) is 0 Å². The monoisotopic (exact) mass is 343 g/mol. The van der Waals surface area contributed by atoms with Crippen molar-refractivity contribution < 1.29 is 14.7 Å². The number of hydrogen-bond donors (Lipinski definition) is 1. The molecule has 0 radical (unpaired) electrons. The highest BCUT2D eigenvalue weighted by Crippen LogP contribution is 2.29. The number of carboxylic acids is 1. The molecule has 25 heavy (non-hydrogen) atoms. The lowest BCUT2D eigenvalue weighted by Gasteiger charge is -2.31. The molecule has 1 aromatic heterocycles. The number of carbonyl (C=O) groups excluding carboxylic acids is 1. The van der Waals surface area contributed by atoms with E-state index in [1.54, 1.807) is 19.1 Å². The number of benzene rings is 1. The predicted molar refractivity (Wildman–Crippen MR) is 92.3 cm³/mol. The molecule has 1 atom stereocenters. The van der Waals surface area contributed by atoms with Crippen LogP contribution in [-0.4, -0.2) is 43.5 Å². The third kappa shape index (κ3) is 2.90. The highest BCUT2D eigenvalue weighted by molar-refractivity contribution is 5.87. The van der Waals surface area contributed by atoms with E-state index in [-0.39, 0.29) is 24.4 Å². The van der Waals surface area contributed by atoms with Gasteiger partial charge in [0, 0.05) is 19.5 Å². The maximum Gasteiger partial charge on any atom is 0.329 e. The van der Waals surface area contributed by atoms with Crippen molar-refractivity contribution in [2.45, 2.75) is 45.2 Å². The SMILES string of the molecule is Cc1cccc2c(=O)n(CCC(=O)N3CCCC3(C)C(=O)O)cnc12. The molecular weight excluding hydrogens is 322 g/mol. The summed E-state index contributed by atoms with van der Waals surface area (Å²) in [6.45, 7) is 4.09. The van der Waals surface area contributed by atoms with Gasteiger partial charge >= 0.3 is 5.97 Å². The average Bonchev–Trinajstić information content (AvgIpc) is 2.98. The second kappa shape index (κ2) is 6.31. The predicted octanol–water partition coefficient (Wildman–Crippen LogP) is 1.56. The van der Waals surface area contributed by atoms with Gasteiger partial charge in [-0.15, -0.1) is 0 Å². The first-order chi connectivity index (χ1) is 11.8. The topological polar surface area (TPSA) is 92.5 Å². The van der Waals surface area contributed by atoms with Gasteiger partial charge < -0.3 is 10.0 Å². The van der Waals surface area contributed by atoms with Crippen LogP contribution in [-0.2, 0) is 16.1 Å². The van der Waals surface area contributed by atoms with Crippen LogP contribution < -0.4 is 5.56 Å². The second-order valence-electron chi connectivity index (χ2n) is 6.69. The first kappa shape index (κ1) is 17.1. The van der Waals surface area contributed by atoms with Gasteiger partial charge in [0.15, 0.2) is 0 Å². The quantitative estimate of drug-likeness (QED) is 0.909. The first-order valence-electron chi connectivity index (χ1n) is 8.33. The Labute approximate surface area is 144 Å². The van der Waals surface area contributed by atoms with E-state index in [4.69, 9.17) is 0 Å². The van der Waals surface area contributed by atoms with Crippen molar-refractivity contribution in [2.75, 3.05) is 6.54 Å². The van der Waals surface area contributed by atoms with Gasteiger partial charge in [0.25, 0.3) is 5.56 Å². The molecule has 0 aliphatic carbocycles. The number of carboxylic acid groups (broad SMARTS) is 1. The Balaban J connectivity index is 1.79. The number of aromatic nitrogens is 2. The Hall–Kier alpha value is -2.70. The van der Waals surface area contributed by atoms with Crippen molar-refractivity contribution in [3.63, 3.8) is 0 Å². The molecule has 0 spiro atoms. The molecule has 3 rings (SSSR count). The Morgan fingerprint density at radius 3 is 2.84 bits per heavy atom. The minimum absolute atomic E-state index is 0.0712. The van der Waals surface area contributed by atoms with Gasteiger partial charge in [0.1, 0.15) is 5.54 Å². The molecule has 1 N–H and O–H groups in total. The molecule has 2 heterocycles. The van der Waals surface area contributed by atoms with Crippen molar-refractivity contribution >= 4 is 22.8 Å². The molecule has 0 saturated carbocycles. The molecule has 7 nitrogen and oxygen atoms in total. The van der Waals surface area contributed by atoms with E-state index in [1.807, 2.05) is 13.0 Å². The number of likely N-dealkylation sites (tertiary alicyclic amines) is 1. The molecule has 1 aliphatic rings. The van der Waals surface area contributed by atoms with Crippen molar-refractivity contribution in [3.8, 4) is 0 Å². The van der Waals surface area contributed by atoms with Crippen LogP contribution in [0, 0.1) is 6.92 Å². The van der Waals surface area contributed by atoms with Gasteiger partial charge in [-0.05, 0) is 38.3 Å². The molecule has 7 heteroatoms. The number of hydrogen-bond acceptors (Lipinski definition) is 4. The summed E-state index contributed by atoms with van der Waals surface area (Å²) >= 11 is 0. The van der Waals surface area contributed by atoms with Gasteiger partial charge in [-0.2, -0.15) is 0 Å². The molecule has 0 bridgehead atoms. The molecule has 2 aromatic rings. The van der Waals surface area contributed by atoms with Crippen LogP contribution in [0.5, 0.6) is 0 Å². The van der Waals surface area contributed by atoms with Crippen molar-refractivity contribution in [1.29, 1.82) is 0 Å². The Bertz CT molecular complexity index is 905. The highest BCUT2D eigenvalue weighted by Gasteiger charge is 2.45. The number of amides is 1. The summed E-state index contributed by atoms with van der Waals surface area (Å²) in [6, 6.07) is 5.42. The maximum absolute atomic E-state index is 12.6. The number of carbonyl (C=O) groups is 2. The third-order valence-corrected chi connectivity index (χ3v) is 5.02. The van der Waals surface area contributed by atoms with E-state index in [0.29, 0.717) is 30.3 Å². The van der Waals surface area contributed by atoms with Crippen LogP contribution >= 0.6 is 0 Å². The zero-order valence-electron chi connectivity index (χ0n) is 14.4. The molecule has 1 aromatic carbocycles. The summed E-state index contributed by atoms with van der Waals surface area (Å²) in [7, 11) is 0. The lowest BCUT2D eigenvalue weighted by Crippen LogP contribution is -2.51. The standard InChI is InChI=1S/C18H21N3O4/c1-12-5-3-6-13-15(12)19-11-20(16(13)23)10-7-14(22)21-9-4-8-18(21,2)17(24)25/h3,5-6,11H,4,7-10H2,1-2H3,(H,24,25). The molecule has 1 amide bonds. The summed E-state index contributed by atoms with van der Waals surface area (Å²) in [5.74, 6) is -1.24. The van der Waals surface area contributed by atoms with Crippen LogP contribution in [0.15, 0.2) is 29.3 Å². The summed E-state index contributed by atoms with van der Waals surface area (Å²) < 4.78 is 1.41. The van der Waals surface area contributed by atoms with E-state index in [1.165, 1.54) is 15.8 Å². The molecule has 1 unspecified atom stereocenters. The number of para-hydroxylation sites is 1. The Kier molecular flexibility index (Phi) is 4.32. The minimum Gasteiger partial charge on any atom is -0.480 e. The van der Waals surface area contributed by atoms with Crippen LogP contribution in [0.1, 0.15) is 31.7 Å². The Morgan fingerprint density at radius 1 is 1.36 bits per heavy atom. The van der Waals surface area contributed by atoms with Gasteiger partial charge in [0.2, 0.25) is 5.91 Å². The van der Waals surface area contributed by atoms with Crippen molar-refractivity contribution in [1.82, 2.24) is 14.5 Å². The fourth-order valence-electron chi connectivity index (χ4n) is 3.43. The summed E-state index contributed by atoms with van der Waals surface area (Å²) in [5.41, 5.74) is 0.241. The number of fused-ring (bicyclic) bond motifs is 1. The normalized spacial score (nSPS) is 20.2. The van der Waals surface area contributed by atoms with Crippen LogP contribution in [0.4, 0.5) is 0 Å². The van der Waals surface area contributed by atoms with Crippen LogP contribution in [0.2, 0.25) is 0 Å². The summed E-state index contributed by atoms with van der Waals surface area (Å²) in [6.07, 6.45) is 2.64. The first-order valence-corrected chi connectivity index (χ1v) is 8.33. The molecule has 1 fully saturated rings. The third-order valence-electron chi connectivity index (χ3n) is 5.02. The number of aryl methyl sites for hydroxylation is 2. The fraction of sp³-hybridized carbons (Fsp3) is 0.444. The average molecular weight is 343 g/mol. The van der Waals surface area contributed by atoms with Crippen LogP contribution in [0.3, 0.4) is 0 Å². The second-order valence-corrected chi connectivity index (χ2v) is 6.69. The summed E-state index contributed by atoms with van der Waals surface area (Å²) in [4.78, 5) is 42.3. The van der Waals surface area contributed by atoms with E-state index in [0.717, 1.165) is 5.56 Å². The Morgan fingerprint density at radius 2 is 2.12 bits per heavy atom. The largest absolute Gasteiger partial charge is 0.480 e. The zero-order valence-corrected chi connectivity index (χ0v) is 14.4. The van der Waals surface area contributed by atoms with Crippen LogP contribution in [0.25, 0.3) is 10.9 Å². The lowest BCUT2D eigenvalue weighted by molar-refractivity contribution is -0.155. The molecule has 132 valence electrons. The molecule has 1 saturated heterocycles. The van der Waals surface area contributed by atoms with Gasteiger partial charge in [-0.3, -0.25) is 14.2 Å². The van der Waals surface area contributed by atoms with Gasteiger partial charge in [-0.1, -0.05) is 12.1 Å². The number of rotatable bonds is 4. The fourth-order valence-corrected chi connectivity index (χ4v) is 3.43. The zero-order chi connectivity index (χ0) is 18.2. The van der Waals surface area contributed by atoms with E-state index in [9.17, 15) is 19.5 Å². The summed E-state index contributed by atoms with van der Waals surface area (Å²) in [5, 5.41) is 9.93.